The van der Waals surface area contributed by atoms with E-state index in [2.05, 4.69) is 5.32 Å². The Kier molecular flexibility index (Phi) is 5.49. The number of benzene rings is 1. The first-order chi connectivity index (χ1) is 8.13. The van der Waals surface area contributed by atoms with Gasteiger partial charge in [0.1, 0.15) is 5.75 Å². The first-order valence-electron chi connectivity index (χ1n) is 5.76. The molecule has 0 spiro atoms. The number of rotatable bonds is 6. The van der Waals surface area contributed by atoms with Gasteiger partial charge in [0.05, 0.1) is 6.10 Å². The van der Waals surface area contributed by atoms with Crippen LogP contribution in [-0.2, 0) is 4.79 Å². The molecule has 0 fully saturated rings. The zero-order valence-corrected chi connectivity index (χ0v) is 10.3. The molecule has 0 aromatic heterocycles. The molecule has 4 heteroatoms. The van der Waals surface area contributed by atoms with Gasteiger partial charge in [-0.1, -0.05) is 25.1 Å². The number of amides is 1. The third-order valence-electron chi connectivity index (χ3n) is 2.46. The standard InChI is InChI=1S/C13H19NO3/c1-3-11(15)8-14-13(16)9-17-12-7-5-4-6-10(12)2/h4-7,11,15H,3,8-9H2,1-2H3,(H,14,16). The van der Waals surface area contributed by atoms with Crippen molar-refractivity contribution in [2.24, 2.45) is 0 Å². The Balaban J connectivity index is 2.31. The molecule has 0 bridgehead atoms. The number of aliphatic hydroxyl groups is 1. The predicted molar refractivity (Wildman–Crippen MR) is 66.0 cm³/mol. The summed E-state index contributed by atoms with van der Waals surface area (Å²) in [5.41, 5.74) is 0.994. The van der Waals surface area contributed by atoms with E-state index < -0.39 is 6.10 Å². The van der Waals surface area contributed by atoms with E-state index in [0.717, 1.165) is 5.56 Å². The third-order valence-corrected chi connectivity index (χ3v) is 2.46. The van der Waals surface area contributed by atoms with E-state index in [1.807, 2.05) is 38.1 Å². The van der Waals surface area contributed by atoms with Gasteiger partial charge in [0.15, 0.2) is 6.61 Å². The summed E-state index contributed by atoms with van der Waals surface area (Å²) < 4.78 is 5.37. The molecular weight excluding hydrogens is 218 g/mol. The number of nitrogens with one attached hydrogen (secondary N) is 1. The molecule has 0 aliphatic carbocycles. The quantitative estimate of drug-likeness (QED) is 0.783. The second kappa shape index (κ2) is 6.91. The number of carbonyl (C=O) groups is 1. The number of ether oxygens (including phenoxy) is 1. The number of aliphatic hydroxyl groups excluding tert-OH is 1. The van der Waals surface area contributed by atoms with Crippen LogP contribution in [0, 0.1) is 6.92 Å². The smallest absolute Gasteiger partial charge is 0.258 e. The van der Waals surface area contributed by atoms with Gasteiger partial charge in [-0.25, -0.2) is 0 Å². The first kappa shape index (κ1) is 13.5. The summed E-state index contributed by atoms with van der Waals surface area (Å²) in [6.45, 7) is 4.03. The highest BCUT2D eigenvalue weighted by molar-refractivity contribution is 5.77. The second-order valence-corrected chi connectivity index (χ2v) is 3.92. The molecular formula is C13H19NO3. The van der Waals surface area contributed by atoms with Gasteiger partial charge in [-0.15, -0.1) is 0 Å². The highest BCUT2D eigenvalue weighted by atomic mass is 16.5. The summed E-state index contributed by atoms with van der Waals surface area (Å²) in [5.74, 6) is 0.486. The van der Waals surface area contributed by atoms with Gasteiger partial charge in [-0.3, -0.25) is 4.79 Å². The van der Waals surface area contributed by atoms with Crippen LogP contribution < -0.4 is 10.1 Å². The summed E-state index contributed by atoms with van der Waals surface area (Å²) in [5, 5.41) is 11.9. The van der Waals surface area contributed by atoms with E-state index in [9.17, 15) is 9.90 Å². The average molecular weight is 237 g/mol. The van der Waals surface area contributed by atoms with Crippen LogP contribution in [-0.4, -0.2) is 30.3 Å². The number of hydrogen-bond donors (Lipinski definition) is 2. The van der Waals surface area contributed by atoms with Gasteiger partial charge in [-0.05, 0) is 25.0 Å². The molecule has 0 saturated carbocycles. The van der Waals surface area contributed by atoms with E-state index in [-0.39, 0.29) is 19.1 Å². The molecule has 0 heterocycles. The van der Waals surface area contributed by atoms with Crippen LogP contribution in [0.2, 0.25) is 0 Å². The highest BCUT2D eigenvalue weighted by Gasteiger charge is 2.06. The molecule has 17 heavy (non-hydrogen) atoms. The fraction of sp³-hybridized carbons (Fsp3) is 0.462. The van der Waals surface area contributed by atoms with Crippen molar-refractivity contribution < 1.29 is 14.6 Å². The number of aryl methyl sites for hydroxylation is 1. The first-order valence-corrected chi connectivity index (χ1v) is 5.76. The molecule has 1 unspecified atom stereocenters. The van der Waals surface area contributed by atoms with Gasteiger partial charge in [0.2, 0.25) is 0 Å². The van der Waals surface area contributed by atoms with Gasteiger partial charge in [0.25, 0.3) is 5.91 Å². The Morgan fingerprint density at radius 2 is 2.18 bits per heavy atom. The largest absolute Gasteiger partial charge is 0.484 e. The molecule has 1 aromatic carbocycles. The minimum atomic E-state index is -0.489. The van der Waals surface area contributed by atoms with E-state index >= 15 is 0 Å². The van der Waals surface area contributed by atoms with Crippen molar-refractivity contribution in [2.45, 2.75) is 26.4 Å². The van der Waals surface area contributed by atoms with E-state index in [1.54, 1.807) is 0 Å². The fourth-order valence-electron chi connectivity index (χ4n) is 1.29. The van der Waals surface area contributed by atoms with E-state index in [4.69, 9.17) is 4.74 Å². The van der Waals surface area contributed by atoms with Crippen molar-refractivity contribution in [3.8, 4) is 5.75 Å². The Labute approximate surface area is 102 Å². The molecule has 1 rings (SSSR count). The van der Waals surface area contributed by atoms with Crippen LogP contribution in [0.25, 0.3) is 0 Å². The maximum Gasteiger partial charge on any atom is 0.258 e. The maximum atomic E-state index is 11.4. The second-order valence-electron chi connectivity index (χ2n) is 3.92. The molecule has 0 saturated heterocycles. The monoisotopic (exact) mass is 237 g/mol. The molecule has 0 aliphatic rings. The van der Waals surface area contributed by atoms with Crippen LogP contribution in [0.15, 0.2) is 24.3 Å². The summed E-state index contributed by atoms with van der Waals surface area (Å²) >= 11 is 0. The molecule has 4 nitrogen and oxygen atoms in total. The lowest BCUT2D eigenvalue weighted by Gasteiger charge is -2.11. The Bertz CT molecular complexity index is 365. The van der Waals surface area contributed by atoms with Crippen LogP contribution in [0.3, 0.4) is 0 Å². The predicted octanol–water partition coefficient (Wildman–Crippen LogP) is 1.26. The van der Waals surface area contributed by atoms with Crippen LogP contribution in [0.1, 0.15) is 18.9 Å². The lowest BCUT2D eigenvalue weighted by molar-refractivity contribution is -0.123. The maximum absolute atomic E-state index is 11.4. The van der Waals surface area contributed by atoms with Gasteiger partial charge < -0.3 is 15.2 Å². The Morgan fingerprint density at radius 1 is 1.47 bits per heavy atom. The summed E-state index contributed by atoms with van der Waals surface area (Å²) in [6, 6.07) is 7.53. The van der Waals surface area contributed by atoms with E-state index in [1.165, 1.54) is 0 Å². The highest BCUT2D eigenvalue weighted by Crippen LogP contribution is 2.15. The SMILES string of the molecule is CCC(O)CNC(=O)COc1ccccc1C. The fourth-order valence-corrected chi connectivity index (χ4v) is 1.29. The minimum Gasteiger partial charge on any atom is -0.484 e. The molecule has 0 radical (unpaired) electrons. The van der Waals surface area contributed by atoms with Crippen molar-refractivity contribution >= 4 is 5.91 Å². The molecule has 1 atom stereocenters. The van der Waals surface area contributed by atoms with Crippen molar-refractivity contribution in [3.63, 3.8) is 0 Å². The lowest BCUT2D eigenvalue weighted by Crippen LogP contribution is -2.35. The average Bonchev–Trinajstić information content (AvgIpc) is 2.35. The summed E-state index contributed by atoms with van der Waals surface area (Å²) in [6.07, 6.45) is 0.135. The topological polar surface area (TPSA) is 58.6 Å². The molecule has 1 aromatic rings. The number of carbonyl (C=O) groups excluding carboxylic acids is 1. The van der Waals surface area contributed by atoms with Crippen molar-refractivity contribution in [1.29, 1.82) is 0 Å². The van der Waals surface area contributed by atoms with E-state index in [0.29, 0.717) is 12.2 Å². The van der Waals surface area contributed by atoms with Crippen LogP contribution >= 0.6 is 0 Å². The summed E-state index contributed by atoms with van der Waals surface area (Å²) in [7, 11) is 0. The third kappa shape index (κ3) is 4.87. The molecule has 1 amide bonds. The Hall–Kier alpha value is -1.55. The minimum absolute atomic E-state index is 0.0265. The molecule has 0 aliphatic heterocycles. The van der Waals surface area contributed by atoms with Gasteiger partial charge >= 0.3 is 0 Å². The van der Waals surface area contributed by atoms with Crippen molar-refractivity contribution in [1.82, 2.24) is 5.32 Å². The van der Waals surface area contributed by atoms with Crippen LogP contribution in [0.4, 0.5) is 0 Å². The van der Waals surface area contributed by atoms with Crippen LogP contribution in [0.5, 0.6) is 5.75 Å². The Morgan fingerprint density at radius 3 is 2.82 bits per heavy atom. The zero-order valence-electron chi connectivity index (χ0n) is 10.3. The summed E-state index contributed by atoms with van der Waals surface area (Å²) in [4.78, 5) is 11.4. The normalized spacial score (nSPS) is 11.9. The van der Waals surface area contributed by atoms with Gasteiger partial charge in [-0.2, -0.15) is 0 Å². The van der Waals surface area contributed by atoms with Crippen molar-refractivity contribution in [3.05, 3.63) is 29.8 Å². The number of para-hydroxylation sites is 1. The lowest BCUT2D eigenvalue weighted by atomic mass is 10.2. The zero-order chi connectivity index (χ0) is 12.7. The van der Waals surface area contributed by atoms with Crippen molar-refractivity contribution in [2.75, 3.05) is 13.2 Å². The molecule has 94 valence electrons. The number of hydrogen-bond acceptors (Lipinski definition) is 3. The molecule has 2 N–H and O–H groups in total. The van der Waals surface area contributed by atoms with Gasteiger partial charge in [0, 0.05) is 6.54 Å².